The Morgan fingerprint density at radius 2 is 1.55 bits per heavy atom. The highest BCUT2D eigenvalue weighted by Gasteiger charge is 2.16. The van der Waals surface area contributed by atoms with Gasteiger partial charge in [0.25, 0.3) is 0 Å². The molecule has 0 spiro atoms. The lowest BCUT2D eigenvalue weighted by Gasteiger charge is -2.20. The van der Waals surface area contributed by atoms with Gasteiger partial charge in [-0.15, -0.1) is 0 Å². The molecule has 4 rings (SSSR count). The van der Waals surface area contributed by atoms with Crippen molar-refractivity contribution in [3.63, 3.8) is 0 Å². The second kappa shape index (κ2) is 10.1. The molecule has 0 fully saturated rings. The second-order valence-corrected chi connectivity index (χ2v) is 7.88. The van der Waals surface area contributed by atoms with E-state index in [1.165, 1.54) is 44.5 Å². The van der Waals surface area contributed by atoms with E-state index in [1.807, 2.05) is 0 Å². The summed E-state index contributed by atoms with van der Waals surface area (Å²) in [5, 5.41) is 0. The Bertz CT molecular complexity index is 1150. The zero-order valence-electron chi connectivity index (χ0n) is 18.5. The quantitative estimate of drug-likeness (QED) is 0.361. The molecule has 0 heteroatoms. The second-order valence-electron chi connectivity index (χ2n) is 7.88. The van der Waals surface area contributed by atoms with Crippen LogP contribution in [0.15, 0.2) is 120 Å². The van der Waals surface area contributed by atoms with E-state index in [2.05, 4.69) is 123 Å². The van der Waals surface area contributed by atoms with Crippen molar-refractivity contribution in [3.05, 3.63) is 126 Å². The molecule has 1 aliphatic rings. The van der Waals surface area contributed by atoms with E-state index in [1.54, 1.807) is 0 Å². The third-order valence-corrected chi connectivity index (χ3v) is 5.84. The molecule has 0 aliphatic heterocycles. The van der Waals surface area contributed by atoms with E-state index in [4.69, 9.17) is 0 Å². The van der Waals surface area contributed by atoms with Crippen LogP contribution in [0.5, 0.6) is 0 Å². The molecule has 0 heterocycles. The van der Waals surface area contributed by atoms with Crippen LogP contribution in [0.3, 0.4) is 0 Å². The molecule has 3 aromatic rings. The standard InChI is InChI=1S/C31H30/c1-3-14-30(28(4-2)25-17-9-6-10-18-25)31-22-12-11-21-29(31)27-20-13-19-26(23-27)24-15-7-5-8-16-24/h4-9,11-17,19-23H,3,10,18H2,1-2H3/b28-4-,30-14+. The Kier molecular flexibility index (Phi) is 6.79. The van der Waals surface area contributed by atoms with Crippen LogP contribution in [0.25, 0.3) is 27.8 Å². The monoisotopic (exact) mass is 402 g/mol. The molecule has 154 valence electrons. The molecule has 0 nitrogen and oxygen atoms in total. The first-order chi connectivity index (χ1) is 15.3. The molecule has 1 aliphatic carbocycles. The Morgan fingerprint density at radius 3 is 2.29 bits per heavy atom. The lowest BCUT2D eigenvalue weighted by atomic mass is 9.84. The van der Waals surface area contributed by atoms with Crippen LogP contribution in [-0.4, -0.2) is 0 Å². The van der Waals surface area contributed by atoms with Crippen LogP contribution in [0.2, 0.25) is 0 Å². The van der Waals surface area contributed by atoms with Crippen molar-refractivity contribution in [1.82, 2.24) is 0 Å². The number of hydrogen-bond acceptors (Lipinski definition) is 0. The van der Waals surface area contributed by atoms with Crippen molar-refractivity contribution >= 4 is 5.57 Å². The lowest BCUT2D eigenvalue weighted by Crippen LogP contribution is -1.99. The summed E-state index contributed by atoms with van der Waals surface area (Å²) < 4.78 is 0. The van der Waals surface area contributed by atoms with Crippen molar-refractivity contribution in [3.8, 4) is 22.3 Å². The first kappa shape index (κ1) is 20.9. The topological polar surface area (TPSA) is 0 Å². The van der Waals surface area contributed by atoms with Gasteiger partial charge in [-0.2, -0.15) is 0 Å². The molecule has 0 atom stereocenters. The number of hydrogen-bond donors (Lipinski definition) is 0. The highest BCUT2D eigenvalue weighted by atomic mass is 14.2. The van der Waals surface area contributed by atoms with Crippen molar-refractivity contribution in [2.24, 2.45) is 0 Å². The summed E-state index contributed by atoms with van der Waals surface area (Å²) in [6, 6.07) is 28.4. The van der Waals surface area contributed by atoms with Gasteiger partial charge in [0.15, 0.2) is 0 Å². The van der Waals surface area contributed by atoms with Crippen molar-refractivity contribution in [2.45, 2.75) is 33.1 Å². The maximum atomic E-state index is 2.38. The van der Waals surface area contributed by atoms with E-state index in [-0.39, 0.29) is 0 Å². The maximum absolute atomic E-state index is 2.38. The summed E-state index contributed by atoms with van der Waals surface area (Å²) in [5.74, 6) is 0. The Balaban J connectivity index is 1.82. The van der Waals surface area contributed by atoms with Gasteiger partial charge >= 0.3 is 0 Å². The minimum absolute atomic E-state index is 1.01. The molecular weight excluding hydrogens is 372 g/mol. The molecule has 0 bridgehead atoms. The summed E-state index contributed by atoms with van der Waals surface area (Å²) in [6.07, 6.45) is 14.6. The molecule has 31 heavy (non-hydrogen) atoms. The van der Waals surface area contributed by atoms with Crippen LogP contribution < -0.4 is 0 Å². The Labute approximate surface area is 187 Å². The minimum Gasteiger partial charge on any atom is -0.0842 e. The van der Waals surface area contributed by atoms with Gasteiger partial charge in [0.2, 0.25) is 0 Å². The van der Waals surface area contributed by atoms with Gasteiger partial charge in [-0.3, -0.25) is 0 Å². The third kappa shape index (κ3) is 4.70. The molecule has 0 N–H and O–H groups in total. The van der Waals surface area contributed by atoms with Gasteiger partial charge in [-0.25, -0.2) is 0 Å². The van der Waals surface area contributed by atoms with Gasteiger partial charge in [0, 0.05) is 0 Å². The largest absolute Gasteiger partial charge is 0.0842 e. The third-order valence-electron chi connectivity index (χ3n) is 5.84. The molecule has 0 unspecified atom stereocenters. The van der Waals surface area contributed by atoms with Gasteiger partial charge in [-0.1, -0.05) is 110 Å². The van der Waals surface area contributed by atoms with Gasteiger partial charge in [-0.05, 0) is 76.8 Å². The number of allylic oxidation sites excluding steroid dienone is 8. The Morgan fingerprint density at radius 1 is 0.806 bits per heavy atom. The first-order valence-corrected chi connectivity index (χ1v) is 11.3. The van der Waals surface area contributed by atoms with E-state index < -0.39 is 0 Å². The summed E-state index contributed by atoms with van der Waals surface area (Å²) in [7, 11) is 0. The fourth-order valence-corrected chi connectivity index (χ4v) is 4.38. The molecular formula is C31H30. The number of benzene rings is 3. The van der Waals surface area contributed by atoms with Crippen LogP contribution >= 0.6 is 0 Å². The van der Waals surface area contributed by atoms with Crippen molar-refractivity contribution in [1.29, 1.82) is 0 Å². The maximum Gasteiger partial charge on any atom is -0.0103 e. The van der Waals surface area contributed by atoms with Crippen LogP contribution in [0.4, 0.5) is 0 Å². The highest BCUT2D eigenvalue weighted by molar-refractivity contribution is 5.91. The van der Waals surface area contributed by atoms with E-state index >= 15 is 0 Å². The molecule has 0 amide bonds. The fraction of sp³-hybridized carbons (Fsp3) is 0.161. The summed E-state index contributed by atoms with van der Waals surface area (Å²) in [6.45, 7) is 4.39. The van der Waals surface area contributed by atoms with Crippen LogP contribution in [-0.2, 0) is 0 Å². The summed E-state index contributed by atoms with van der Waals surface area (Å²) in [4.78, 5) is 0. The van der Waals surface area contributed by atoms with Gasteiger partial charge in [0.05, 0.1) is 0 Å². The van der Waals surface area contributed by atoms with E-state index in [0.29, 0.717) is 0 Å². The SMILES string of the molecule is C/C=C(C1=CC=CCC1)\C(=C/CC)c1ccccc1-c1cccc(-c2ccccc2)c1. The van der Waals surface area contributed by atoms with E-state index in [9.17, 15) is 0 Å². The van der Waals surface area contributed by atoms with Crippen LogP contribution in [0.1, 0.15) is 38.7 Å². The Hall–Kier alpha value is -3.38. The highest BCUT2D eigenvalue weighted by Crippen LogP contribution is 2.38. The predicted octanol–water partition coefficient (Wildman–Crippen LogP) is 9.04. The van der Waals surface area contributed by atoms with E-state index in [0.717, 1.165) is 19.3 Å². The van der Waals surface area contributed by atoms with Gasteiger partial charge in [0.1, 0.15) is 0 Å². The first-order valence-electron chi connectivity index (χ1n) is 11.3. The summed E-state index contributed by atoms with van der Waals surface area (Å²) >= 11 is 0. The van der Waals surface area contributed by atoms with Gasteiger partial charge < -0.3 is 0 Å². The lowest BCUT2D eigenvalue weighted by molar-refractivity contribution is 0.978. The zero-order valence-corrected chi connectivity index (χ0v) is 18.5. The predicted molar refractivity (Wildman–Crippen MR) is 136 cm³/mol. The van der Waals surface area contributed by atoms with Crippen molar-refractivity contribution in [2.75, 3.05) is 0 Å². The average Bonchev–Trinajstić information content (AvgIpc) is 2.85. The molecule has 0 radical (unpaired) electrons. The fourth-order valence-electron chi connectivity index (χ4n) is 4.38. The smallest absolute Gasteiger partial charge is 0.0103 e. The normalized spacial score (nSPS) is 14.5. The van der Waals surface area contributed by atoms with Crippen LogP contribution in [0, 0.1) is 0 Å². The number of rotatable bonds is 6. The molecule has 3 aromatic carbocycles. The summed E-state index contributed by atoms with van der Waals surface area (Å²) in [5.41, 5.74) is 10.5. The minimum atomic E-state index is 1.01. The van der Waals surface area contributed by atoms with Crippen molar-refractivity contribution < 1.29 is 0 Å². The average molecular weight is 403 g/mol. The zero-order chi connectivity index (χ0) is 21.5. The molecule has 0 saturated heterocycles. The molecule has 0 saturated carbocycles. The molecule has 0 aromatic heterocycles.